The van der Waals surface area contributed by atoms with E-state index in [4.69, 9.17) is 38.9 Å². The van der Waals surface area contributed by atoms with Gasteiger partial charge < -0.3 is 10.3 Å². The van der Waals surface area contributed by atoms with Crippen molar-refractivity contribution in [3.8, 4) is 0 Å². The van der Waals surface area contributed by atoms with Crippen LogP contribution in [0.2, 0.25) is 10.0 Å². The summed E-state index contributed by atoms with van der Waals surface area (Å²) in [6, 6.07) is 5.20. The van der Waals surface area contributed by atoms with Crippen molar-refractivity contribution in [2.75, 3.05) is 13.1 Å². The maximum absolute atomic E-state index is 8.55. The number of hydrogen-bond donors (Lipinski definition) is 2. The fourth-order valence-electron chi connectivity index (χ4n) is 4.23. The van der Waals surface area contributed by atoms with E-state index < -0.39 is 0 Å². The van der Waals surface area contributed by atoms with Crippen LogP contribution in [0.1, 0.15) is 61.7 Å². The Morgan fingerprint density at radius 3 is 2.83 bits per heavy atom. The van der Waals surface area contributed by atoms with Gasteiger partial charge in [0.25, 0.3) is 5.89 Å². The molecule has 7 nitrogen and oxygen atoms in total. The number of aliphatic imine (C=N–C) groups is 1. The predicted octanol–water partition coefficient (Wildman–Crippen LogP) is 4.42. The first-order valence-electron chi connectivity index (χ1n) is 10.4. The van der Waals surface area contributed by atoms with E-state index >= 15 is 0 Å². The van der Waals surface area contributed by atoms with Crippen LogP contribution in [0, 0.1) is 5.41 Å². The molecule has 1 unspecified atom stereocenters. The minimum absolute atomic E-state index is 0.230. The van der Waals surface area contributed by atoms with E-state index in [1.807, 2.05) is 6.07 Å². The molecule has 2 heterocycles. The van der Waals surface area contributed by atoms with Crippen LogP contribution in [0.15, 0.2) is 27.7 Å². The lowest BCUT2D eigenvalue weighted by molar-refractivity contribution is 0.231. The molecule has 3 N–H and O–H groups in total. The predicted molar refractivity (Wildman–Crippen MR) is 119 cm³/mol. The Morgan fingerprint density at radius 1 is 1.23 bits per heavy atom. The van der Waals surface area contributed by atoms with Gasteiger partial charge in [-0.1, -0.05) is 47.6 Å². The summed E-state index contributed by atoms with van der Waals surface area (Å²) in [7, 11) is 0. The van der Waals surface area contributed by atoms with Crippen LogP contribution in [0.25, 0.3) is 0 Å². The number of hydrogen-bond acceptors (Lipinski definition) is 7. The fraction of sp³-hybridized carbons (Fsp3) is 0.524. The maximum Gasteiger partial charge on any atom is 0.271 e. The molecular weight excluding hydrogens is 423 g/mol. The molecule has 0 spiro atoms. The lowest BCUT2D eigenvalue weighted by Gasteiger charge is -2.34. The van der Waals surface area contributed by atoms with Gasteiger partial charge >= 0.3 is 0 Å². The van der Waals surface area contributed by atoms with Crippen molar-refractivity contribution in [1.29, 1.82) is 5.41 Å². The number of halogens is 2. The second-order valence-electron chi connectivity index (χ2n) is 8.00. The molecule has 2 aliphatic rings. The number of nitrogens with zero attached hydrogens (tertiary/aromatic N) is 4. The third kappa shape index (κ3) is 4.85. The smallest absolute Gasteiger partial charge is 0.271 e. The van der Waals surface area contributed by atoms with Crippen molar-refractivity contribution in [1.82, 2.24) is 15.0 Å². The normalized spacial score (nSPS) is 20.9. The molecule has 0 saturated heterocycles. The number of benzene rings is 1. The van der Waals surface area contributed by atoms with Crippen molar-refractivity contribution in [3.63, 3.8) is 0 Å². The Labute approximate surface area is 186 Å². The second kappa shape index (κ2) is 9.45. The van der Waals surface area contributed by atoms with Gasteiger partial charge in [0.2, 0.25) is 0 Å². The number of nitrogens with two attached hydrogens (primary N) is 1. The highest BCUT2D eigenvalue weighted by atomic mass is 35.5. The molecule has 1 fully saturated rings. The zero-order valence-corrected chi connectivity index (χ0v) is 18.3. The topological polar surface area (TPSA) is 104 Å². The average molecular weight is 449 g/mol. The standard InChI is InChI=1S/C21H26Cl2N6O/c22-15-6-7-16(23)14(10-15)12-29-9-8-26-19(25)18(29)11-17(24)21-27-20(28-30-21)13-4-2-1-3-5-13/h6-7,10,13,18,24H,1-5,8-9,11-12H2,(H2,25,26). The molecular formula is C21H26Cl2N6O. The van der Waals surface area contributed by atoms with Gasteiger partial charge in [-0.25, -0.2) is 0 Å². The fourth-order valence-corrected chi connectivity index (χ4v) is 4.60. The third-order valence-electron chi connectivity index (χ3n) is 5.91. The summed E-state index contributed by atoms with van der Waals surface area (Å²) < 4.78 is 5.42. The van der Waals surface area contributed by atoms with E-state index in [-0.39, 0.29) is 17.6 Å². The Hall–Kier alpha value is -1.96. The summed E-state index contributed by atoms with van der Waals surface area (Å²) >= 11 is 12.5. The summed E-state index contributed by atoms with van der Waals surface area (Å²) in [5.74, 6) is 1.85. The lowest BCUT2D eigenvalue weighted by atomic mass is 9.89. The first-order valence-corrected chi connectivity index (χ1v) is 11.2. The Bertz CT molecular complexity index is 937. The van der Waals surface area contributed by atoms with Crippen molar-refractivity contribution in [3.05, 3.63) is 45.5 Å². The molecule has 0 amide bonds. The summed E-state index contributed by atoms with van der Waals surface area (Å²) in [5, 5.41) is 14.0. The Kier molecular flexibility index (Phi) is 6.71. The van der Waals surface area contributed by atoms with Gasteiger partial charge in [0.15, 0.2) is 5.82 Å². The molecule has 160 valence electrons. The van der Waals surface area contributed by atoms with Crippen molar-refractivity contribution < 1.29 is 4.52 Å². The van der Waals surface area contributed by atoms with Gasteiger partial charge in [0.1, 0.15) is 5.84 Å². The highest BCUT2D eigenvalue weighted by Crippen LogP contribution is 2.31. The highest BCUT2D eigenvalue weighted by Gasteiger charge is 2.29. The van der Waals surface area contributed by atoms with E-state index in [0.29, 0.717) is 41.3 Å². The van der Waals surface area contributed by atoms with Crippen LogP contribution < -0.4 is 5.73 Å². The minimum atomic E-state index is -0.230. The molecule has 1 aromatic heterocycles. The van der Waals surface area contributed by atoms with Crippen LogP contribution in [0.4, 0.5) is 0 Å². The molecule has 30 heavy (non-hydrogen) atoms. The maximum atomic E-state index is 8.55. The van der Waals surface area contributed by atoms with Gasteiger partial charge in [0, 0.05) is 35.5 Å². The quantitative estimate of drug-likeness (QED) is 0.636. The van der Waals surface area contributed by atoms with Gasteiger partial charge in [-0.3, -0.25) is 15.3 Å². The molecule has 1 saturated carbocycles. The Balaban J connectivity index is 1.47. The average Bonchev–Trinajstić information content (AvgIpc) is 3.24. The van der Waals surface area contributed by atoms with Crippen LogP contribution in [-0.4, -0.2) is 45.7 Å². The first kappa shape index (κ1) is 21.3. The molecule has 9 heteroatoms. The van der Waals surface area contributed by atoms with E-state index in [0.717, 1.165) is 30.8 Å². The Morgan fingerprint density at radius 2 is 2.03 bits per heavy atom. The van der Waals surface area contributed by atoms with E-state index in [2.05, 4.69) is 20.0 Å². The number of aromatic nitrogens is 2. The monoisotopic (exact) mass is 448 g/mol. The molecule has 2 aromatic rings. The summed E-state index contributed by atoms with van der Waals surface area (Å²) in [6.45, 7) is 1.91. The first-order chi connectivity index (χ1) is 14.5. The van der Waals surface area contributed by atoms with Crippen molar-refractivity contribution >= 4 is 34.7 Å². The molecule has 1 aliphatic carbocycles. The van der Waals surface area contributed by atoms with Gasteiger partial charge in [-0.2, -0.15) is 4.98 Å². The zero-order valence-electron chi connectivity index (χ0n) is 16.8. The third-order valence-corrected chi connectivity index (χ3v) is 6.52. The van der Waals surface area contributed by atoms with E-state index in [1.54, 1.807) is 12.1 Å². The minimum Gasteiger partial charge on any atom is -0.386 e. The van der Waals surface area contributed by atoms with Gasteiger partial charge in [-0.05, 0) is 36.6 Å². The van der Waals surface area contributed by atoms with Crippen LogP contribution in [0.5, 0.6) is 0 Å². The number of amidine groups is 1. The molecule has 1 aliphatic heterocycles. The van der Waals surface area contributed by atoms with Crippen LogP contribution in [-0.2, 0) is 6.54 Å². The summed E-state index contributed by atoms with van der Waals surface area (Å²) in [5.41, 5.74) is 7.42. The van der Waals surface area contributed by atoms with Crippen molar-refractivity contribution in [2.45, 2.75) is 57.0 Å². The molecule has 0 bridgehead atoms. The van der Waals surface area contributed by atoms with Gasteiger partial charge in [0.05, 0.1) is 18.3 Å². The zero-order chi connectivity index (χ0) is 21.1. The van der Waals surface area contributed by atoms with Crippen LogP contribution >= 0.6 is 23.2 Å². The van der Waals surface area contributed by atoms with E-state index in [9.17, 15) is 0 Å². The molecule has 1 aromatic carbocycles. The van der Waals surface area contributed by atoms with Crippen LogP contribution in [0.3, 0.4) is 0 Å². The summed E-state index contributed by atoms with van der Waals surface area (Å²) in [4.78, 5) is 11.1. The molecule has 1 atom stereocenters. The lowest BCUT2D eigenvalue weighted by Crippen LogP contribution is -2.50. The van der Waals surface area contributed by atoms with Crippen molar-refractivity contribution in [2.24, 2.45) is 10.7 Å². The largest absolute Gasteiger partial charge is 0.386 e. The SMILES string of the molecule is N=C(CC1C(N)=NCCN1Cc1cc(Cl)ccc1Cl)c1nc(C2CCCCC2)no1. The highest BCUT2D eigenvalue weighted by molar-refractivity contribution is 6.33. The van der Waals surface area contributed by atoms with E-state index in [1.165, 1.54) is 19.3 Å². The molecule has 0 radical (unpaired) electrons. The van der Waals surface area contributed by atoms with Gasteiger partial charge in [-0.15, -0.1) is 0 Å². The number of nitrogens with one attached hydrogen (secondary N) is 1. The molecule has 4 rings (SSSR count). The second-order valence-corrected chi connectivity index (χ2v) is 8.85. The summed E-state index contributed by atoms with van der Waals surface area (Å²) in [6.07, 6.45) is 6.18. The number of rotatable bonds is 6.